The molecule has 15 heavy (non-hydrogen) atoms. The number of nitrogens with zero attached hydrogens (tertiary/aromatic N) is 2. The van der Waals surface area contributed by atoms with Gasteiger partial charge in [-0.3, -0.25) is 0 Å². The predicted molar refractivity (Wildman–Crippen MR) is 59.5 cm³/mol. The predicted octanol–water partition coefficient (Wildman–Crippen LogP) is 1.86. The van der Waals surface area contributed by atoms with Gasteiger partial charge in [0.1, 0.15) is 5.82 Å². The second kappa shape index (κ2) is 4.03. The van der Waals surface area contributed by atoms with E-state index in [0.29, 0.717) is 0 Å². The highest BCUT2D eigenvalue weighted by molar-refractivity contribution is 5.20. The molecule has 3 heteroatoms. The fourth-order valence-corrected chi connectivity index (χ4v) is 1.83. The molecule has 1 heterocycles. The molecule has 1 unspecified atom stereocenters. The largest absolute Gasteiger partial charge is 0.373 e. The average Bonchev–Trinajstić information content (AvgIpc) is 2.66. The molecule has 80 valence electrons. The molecule has 0 radical (unpaired) electrons. The second-order valence-corrected chi connectivity index (χ2v) is 3.89. The zero-order chi connectivity index (χ0) is 10.7. The van der Waals surface area contributed by atoms with Crippen molar-refractivity contribution in [2.75, 3.05) is 7.11 Å². The van der Waals surface area contributed by atoms with Gasteiger partial charge in [0, 0.05) is 33.0 Å². The van der Waals surface area contributed by atoms with Crippen LogP contribution in [0.4, 0.5) is 0 Å². The van der Waals surface area contributed by atoms with Gasteiger partial charge in [0.25, 0.3) is 0 Å². The van der Waals surface area contributed by atoms with Gasteiger partial charge >= 0.3 is 0 Å². The molecule has 1 aromatic heterocycles. The Bertz CT molecular complexity index is 392. The van der Waals surface area contributed by atoms with Crippen molar-refractivity contribution in [2.45, 2.75) is 18.4 Å². The van der Waals surface area contributed by atoms with E-state index >= 15 is 0 Å². The number of ether oxygens (including phenoxy) is 1. The molecule has 0 saturated heterocycles. The Morgan fingerprint density at radius 1 is 1.53 bits per heavy atom. The van der Waals surface area contributed by atoms with Gasteiger partial charge in [-0.05, 0) is 6.42 Å². The molecule has 0 amide bonds. The summed E-state index contributed by atoms with van der Waals surface area (Å²) in [5.41, 5.74) is -0.214. The molecule has 0 saturated carbocycles. The summed E-state index contributed by atoms with van der Waals surface area (Å²) in [4.78, 5) is 4.33. The van der Waals surface area contributed by atoms with Crippen LogP contribution in [-0.2, 0) is 18.2 Å². The Labute approximate surface area is 90.1 Å². The Morgan fingerprint density at radius 2 is 2.40 bits per heavy atom. The molecule has 0 aromatic carbocycles. The Hall–Kier alpha value is -1.35. The second-order valence-electron chi connectivity index (χ2n) is 3.89. The maximum atomic E-state index is 5.62. The highest BCUT2D eigenvalue weighted by Gasteiger charge is 2.28. The van der Waals surface area contributed by atoms with Gasteiger partial charge < -0.3 is 9.30 Å². The number of hydrogen-bond acceptors (Lipinski definition) is 2. The fraction of sp³-hybridized carbons (Fsp3) is 0.417. The van der Waals surface area contributed by atoms with E-state index in [1.54, 1.807) is 7.11 Å². The summed E-state index contributed by atoms with van der Waals surface area (Å²) in [6.07, 6.45) is 13.8. The lowest BCUT2D eigenvalue weighted by Crippen LogP contribution is -2.33. The topological polar surface area (TPSA) is 27.1 Å². The quantitative estimate of drug-likeness (QED) is 0.751. The molecular weight excluding hydrogens is 188 g/mol. The van der Waals surface area contributed by atoms with Crippen molar-refractivity contribution >= 4 is 0 Å². The van der Waals surface area contributed by atoms with Crippen molar-refractivity contribution in [2.24, 2.45) is 7.05 Å². The molecule has 1 atom stereocenters. The summed E-state index contributed by atoms with van der Waals surface area (Å²) >= 11 is 0. The Kier molecular flexibility index (Phi) is 2.73. The summed E-state index contributed by atoms with van der Waals surface area (Å²) in [6.45, 7) is 0. The van der Waals surface area contributed by atoms with Crippen molar-refractivity contribution < 1.29 is 4.74 Å². The zero-order valence-electron chi connectivity index (χ0n) is 9.18. The van der Waals surface area contributed by atoms with Crippen molar-refractivity contribution in [3.05, 3.63) is 42.5 Å². The van der Waals surface area contributed by atoms with Gasteiger partial charge in [-0.15, -0.1) is 0 Å². The third-order valence-corrected chi connectivity index (χ3v) is 2.90. The molecule has 0 aliphatic heterocycles. The van der Waals surface area contributed by atoms with Crippen LogP contribution in [0.2, 0.25) is 0 Å². The van der Waals surface area contributed by atoms with Crippen LogP contribution in [0, 0.1) is 0 Å². The maximum Gasteiger partial charge on any atom is 0.111 e. The minimum Gasteiger partial charge on any atom is -0.373 e. The summed E-state index contributed by atoms with van der Waals surface area (Å²) < 4.78 is 7.65. The molecule has 1 aliphatic carbocycles. The van der Waals surface area contributed by atoms with Crippen LogP contribution in [0.5, 0.6) is 0 Å². The van der Waals surface area contributed by atoms with E-state index in [9.17, 15) is 0 Å². The smallest absolute Gasteiger partial charge is 0.111 e. The monoisotopic (exact) mass is 204 g/mol. The summed E-state index contributed by atoms with van der Waals surface area (Å²) in [6, 6.07) is 0. The zero-order valence-corrected chi connectivity index (χ0v) is 9.18. The minimum atomic E-state index is -0.214. The number of rotatable bonds is 3. The van der Waals surface area contributed by atoms with Gasteiger partial charge in [0.2, 0.25) is 0 Å². The van der Waals surface area contributed by atoms with Crippen LogP contribution in [0.3, 0.4) is 0 Å². The maximum absolute atomic E-state index is 5.62. The van der Waals surface area contributed by atoms with Crippen LogP contribution in [-0.4, -0.2) is 22.3 Å². The van der Waals surface area contributed by atoms with Crippen LogP contribution in [0.25, 0.3) is 0 Å². The first-order chi connectivity index (χ1) is 7.26. The first-order valence-corrected chi connectivity index (χ1v) is 5.11. The van der Waals surface area contributed by atoms with Gasteiger partial charge in [-0.25, -0.2) is 4.98 Å². The lowest BCUT2D eigenvalue weighted by molar-refractivity contribution is 0.0321. The van der Waals surface area contributed by atoms with Crippen molar-refractivity contribution in [3.63, 3.8) is 0 Å². The Balaban J connectivity index is 2.19. The number of allylic oxidation sites excluding steroid dienone is 2. The molecule has 0 spiro atoms. The molecule has 1 aliphatic rings. The van der Waals surface area contributed by atoms with E-state index in [2.05, 4.69) is 23.2 Å². The van der Waals surface area contributed by atoms with E-state index < -0.39 is 0 Å². The summed E-state index contributed by atoms with van der Waals surface area (Å²) in [7, 11) is 3.76. The third kappa shape index (κ3) is 2.02. The van der Waals surface area contributed by atoms with Gasteiger partial charge in [-0.1, -0.05) is 24.3 Å². The van der Waals surface area contributed by atoms with Crippen LogP contribution in [0.15, 0.2) is 36.7 Å². The van der Waals surface area contributed by atoms with E-state index in [1.807, 2.05) is 30.1 Å². The SMILES string of the molecule is COC1(Cc2nccn2C)C=CC=CC1. The number of aromatic nitrogens is 2. The Morgan fingerprint density at radius 3 is 2.93 bits per heavy atom. The average molecular weight is 204 g/mol. The molecular formula is C12H16N2O. The molecule has 0 fully saturated rings. The fourth-order valence-electron chi connectivity index (χ4n) is 1.83. The lowest BCUT2D eigenvalue weighted by Gasteiger charge is -2.29. The van der Waals surface area contributed by atoms with E-state index in [0.717, 1.165) is 18.7 Å². The number of hydrogen-bond donors (Lipinski definition) is 0. The molecule has 3 nitrogen and oxygen atoms in total. The molecule has 1 aromatic rings. The van der Waals surface area contributed by atoms with E-state index in [1.165, 1.54) is 0 Å². The normalized spacial score (nSPS) is 24.7. The highest BCUT2D eigenvalue weighted by atomic mass is 16.5. The van der Waals surface area contributed by atoms with Crippen LogP contribution < -0.4 is 0 Å². The summed E-state index contributed by atoms with van der Waals surface area (Å²) in [5.74, 6) is 1.05. The molecule has 0 N–H and O–H groups in total. The first-order valence-electron chi connectivity index (χ1n) is 5.11. The van der Waals surface area contributed by atoms with Crippen molar-refractivity contribution in [1.82, 2.24) is 9.55 Å². The van der Waals surface area contributed by atoms with E-state index in [-0.39, 0.29) is 5.60 Å². The highest BCUT2D eigenvalue weighted by Crippen LogP contribution is 2.25. The van der Waals surface area contributed by atoms with Crippen LogP contribution >= 0.6 is 0 Å². The third-order valence-electron chi connectivity index (χ3n) is 2.90. The molecule has 2 rings (SSSR count). The first kappa shape index (κ1) is 10.2. The minimum absolute atomic E-state index is 0.214. The van der Waals surface area contributed by atoms with Crippen LogP contribution in [0.1, 0.15) is 12.2 Å². The van der Waals surface area contributed by atoms with Crippen molar-refractivity contribution in [1.29, 1.82) is 0 Å². The lowest BCUT2D eigenvalue weighted by atomic mass is 9.91. The molecule has 0 bridgehead atoms. The van der Waals surface area contributed by atoms with E-state index in [4.69, 9.17) is 4.74 Å². The number of methoxy groups -OCH3 is 1. The standard InChI is InChI=1S/C12H16N2O/c1-14-9-8-13-11(14)10-12(15-2)6-4-3-5-7-12/h3-6,8-9H,7,10H2,1-2H3. The summed E-state index contributed by atoms with van der Waals surface area (Å²) in [5, 5.41) is 0. The van der Waals surface area contributed by atoms with Gasteiger partial charge in [-0.2, -0.15) is 0 Å². The number of imidazole rings is 1. The van der Waals surface area contributed by atoms with Gasteiger partial charge in [0.15, 0.2) is 0 Å². The van der Waals surface area contributed by atoms with Crippen molar-refractivity contribution in [3.8, 4) is 0 Å². The van der Waals surface area contributed by atoms with Gasteiger partial charge in [0.05, 0.1) is 5.60 Å². The number of aryl methyl sites for hydroxylation is 1.